The first-order chi connectivity index (χ1) is 27.3. The summed E-state index contributed by atoms with van der Waals surface area (Å²) in [7, 11) is 0. The Hall–Kier alpha value is -6.96. The minimum atomic E-state index is -0.497. The lowest BCUT2D eigenvalue weighted by Gasteiger charge is -2.39. The maximum Gasteiger partial charge on any atom is 0.132 e. The molecule has 0 saturated heterocycles. The van der Waals surface area contributed by atoms with Gasteiger partial charge in [0, 0.05) is 11.1 Å². The second kappa shape index (κ2) is 11.3. The molecule has 9 aromatic carbocycles. The van der Waals surface area contributed by atoms with E-state index in [0.29, 0.717) is 0 Å². The molecule has 1 spiro atoms. The van der Waals surface area contributed by atoms with E-state index in [-0.39, 0.29) is 0 Å². The Morgan fingerprint density at radius 1 is 0.309 bits per heavy atom. The molecule has 0 saturated carbocycles. The van der Waals surface area contributed by atoms with Crippen LogP contribution in [-0.2, 0) is 10.8 Å². The highest BCUT2D eigenvalue weighted by molar-refractivity contribution is 6.00. The number of hydrogen-bond donors (Lipinski definition) is 0. The normalized spacial score (nSPS) is 16.4. The molecule has 12 rings (SSSR count). The summed E-state index contributed by atoms with van der Waals surface area (Å²) in [6.45, 7) is 0. The van der Waals surface area contributed by atoms with Gasteiger partial charge in [0.1, 0.15) is 11.5 Å². The number of fused-ring (bicyclic) bond motifs is 14. The quantitative estimate of drug-likeness (QED) is 0.178. The molecule has 1 heterocycles. The molecule has 3 aliphatic rings. The Labute approximate surface area is 320 Å². The fourth-order valence-corrected chi connectivity index (χ4v) is 10.5. The van der Waals surface area contributed by atoms with Gasteiger partial charge < -0.3 is 4.74 Å². The van der Waals surface area contributed by atoms with Gasteiger partial charge in [0.25, 0.3) is 0 Å². The minimum absolute atomic E-state index is 0.485. The molecule has 55 heavy (non-hydrogen) atoms. The van der Waals surface area contributed by atoms with Gasteiger partial charge in [0.05, 0.1) is 10.8 Å². The van der Waals surface area contributed by atoms with Crippen molar-refractivity contribution in [3.8, 4) is 44.9 Å². The van der Waals surface area contributed by atoms with Gasteiger partial charge in [-0.1, -0.05) is 188 Å². The van der Waals surface area contributed by atoms with Crippen molar-refractivity contribution in [3.05, 3.63) is 251 Å². The van der Waals surface area contributed by atoms with Gasteiger partial charge in [0.2, 0.25) is 0 Å². The molecule has 1 heteroatoms. The van der Waals surface area contributed by atoms with Crippen LogP contribution in [0, 0.1) is 0 Å². The fourth-order valence-electron chi connectivity index (χ4n) is 10.5. The third-order valence-corrected chi connectivity index (χ3v) is 12.6. The molecule has 0 amide bonds. The van der Waals surface area contributed by atoms with Crippen LogP contribution in [0.15, 0.2) is 206 Å². The zero-order valence-corrected chi connectivity index (χ0v) is 30.0. The lowest BCUT2D eigenvalue weighted by atomic mass is 9.65. The van der Waals surface area contributed by atoms with Crippen molar-refractivity contribution in [3.63, 3.8) is 0 Å². The highest BCUT2D eigenvalue weighted by Crippen LogP contribution is 2.63. The highest BCUT2D eigenvalue weighted by atomic mass is 16.5. The molecule has 1 unspecified atom stereocenters. The molecule has 1 aliphatic heterocycles. The predicted molar refractivity (Wildman–Crippen MR) is 224 cm³/mol. The molecule has 2 aliphatic carbocycles. The van der Waals surface area contributed by atoms with Crippen molar-refractivity contribution in [2.45, 2.75) is 10.8 Å². The van der Waals surface area contributed by atoms with E-state index < -0.39 is 10.8 Å². The van der Waals surface area contributed by atoms with Crippen molar-refractivity contribution in [2.75, 3.05) is 0 Å². The van der Waals surface area contributed by atoms with E-state index in [9.17, 15) is 0 Å². The Morgan fingerprint density at radius 2 is 0.836 bits per heavy atom. The van der Waals surface area contributed by atoms with Crippen molar-refractivity contribution in [1.29, 1.82) is 0 Å². The molecule has 0 N–H and O–H groups in total. The largest absolute Gasteiger partial charge is 0.457 e. The molecule has 256 valence electrons. The summed E-state index contributed by atoms with van der Waals surface area (Å²) in [4.78, 5) is 0. The molecule has 0 radical (unpaired) electrons. The molecular weight excluding hydrogens is 665 g/mol. The zero-order chi connectivity index (χ0) is 36.1. The van der Waals surface area contributed by atoms with Crippen molar-refractivity contribution in [1.82, 2.24) is 0 Å². The van der Waals surface area contributed by atoms with Crippen LogP contribution in [0.2, 0.25) is 0 Å². The Bertz CT molecular complexity index is 2960. The van der Waals surface area contributed by atoms with Gasteiger partial charge in [-0.2, -0.15) is 0 Å². The van der Waals surface area contributed by atoms with Gasteiger partial charge in [-0.3, -0.25) is 0 Å². The predicted octanol–water partition coefficient (Wildman–Crippen LogP) is 13.3. The van der Waals surface area contributed by atoms with Crippen LogP contribution in [0.5, 0.6) is 11.5 Å². The highest BCUT2D eigenvalue weighted by Gasteiger charge is 2.51. The molecule has 0 bridgehead atoms. The number of benzene rings is 9. The minimum Gasteiger partial charge on any atom is -0.457 e. The second-order valence-corrected chi connectivity index (χ2v) is 15.1. The first-order valence-corrected chi connectivity index (χ1v) is 19.2. The van der Waals surface area contributed by atoms with E-state index in [4.69, 9.17) is 4.74 Å². The first kappa shape index (κ1) is 30.5. The Balaban J connectivity index is 1.08. The SMILES string of the molecule is c1ccc(C2(c3ccc(-c4ccc5c(c4)C4(c6ccccc6O5)c5ccccc5-c5ccccc54)cc3)c3ccccc3-c3ccc4ccccc4c32)cc1. The van der Waals surface area contributed by atoms with Gasteiger partial charge in [-0.05, 0) is 95.7 Å². The average molecular weight is 699 g/mol. The Kier molecular flexibility index (Phi) is 6.25. The van der Waals surface area contributed by atoms with E-state index in [1.54, 1.807) is 0 Å². The molecule has 1 nitrogen and oxygen atoms in total. The Morgan fingerprint density at radius 3 is 1.56 bits per heavy atom. The third kappa shape index (κ3) is 3.92. The van der Waals surface area contributed by atoms with Crippen LogP contribution in [0.25, 0.3) is 44.2 Å². The number of rotatable bonds is 3. The molecule has 0 aromatic heterocycles. The number of para-hydroxylation sites is 1. The summed E-state index contributed by atoms with van der Waals surface area (Å²) in [5, 5.41) is 2.55. The van der Waals surface area contributed by atoms with E-state index in [1.165, 1.54) is 88.7 Å². The maximum atomic E-state index is 6.74. The molecule has 0 fully saturated rings. The van der Waals surface area contributed by atoms with E-state index in [1.807, 2.05) is 0 Å². The summed E-state index contributed by atoms with van der Waals surface area (Å²) in [6, 6.07) is 76.2. The van der Waals surface area contributed by atoms with Crippen LogP contribution < -0.4 is 4.74 Å². The monoisotopic (exact) mass is 698 g/mol. The smallest absolute Gasteiger partial charge is 0.132 e. The van der Waals surface area contributed by atoms with Crippen LogP contribution in [0.1, 0.15) is 44.5 Å². The van der Waals surface area contributed by atoms with Crippen molar-refractivity contribution >= 4 is 10.8 Å². The molecule has 9 aromatic rings. The van der Waals surface area contributed by atoms with Gasteiger partial charge in [-0.25, -0.2) is 0 Å². The van der Waals surface area contributed by atoms with E-state index >= 15 is 0 Å². The maximum absolute atomic E-state index is 6.74. The zero-order valence-electron chi connectivity index (χ0n) is 30.0. The summed E-state index contributed by atoms with van der Waals surface area (Å²) >= 11 is 0. The van der Waals surface area contributed by atoms with E-state index in [0.717, 1.165) is 11.5 Å². The average Bonchev–Trinajstić information content (AvgIpc) is 3.73. The van der Waals surface area contributed by atoms with Crippen LogP contribution in [0.3, 0.4) is 0 Å². The van der Waals surface area contributed by atoms with Crippen molar-refractivity contribution in [2.24, 2.45) is 0 Å². The topological polar surface area (TPSA) is 9.23 Å². The lowest BCUT2D eigenvalue weighted by Crippen LogP contribution is -2.32. The van der Waals surface area contributed by atoms with Crippen LogP contribution in [-0.4, -0.2) is 0 Å². The summed E-state index contributed by atoms with van der Waals surface area (Å²) in [5.74, 6) is 1.81. The second-order valence-electron chi connectivity index (χ2n) is 15.1. The van der Waals surface area contributed by atoms with Crippen LogP contribution >= 0.6 is 0 Å². The van der Waals surface area contributed by atoms with E-state index in [2.05, 4.69) is 206 Å². The molecule has 1 atom stereocenters. The van der Waals surface area contributed by atoms with Gasteiger partial charge in [-0.15, -0.1) is 0 Å². The number of hydrogen-bond acceptors (Lipinski definition) is 1. The summed E-state index contributed by atoms with van der Waals surface area (Å²) < 4.78 is 6.74. The summed E-state index contributed by atoms with van der Waals surface area (Å²) in [5.41, 5.74) is 16.7. The standard InChI is InChI=1S/C54H34O/c1-2-15-38(16-3-1)53(45-21-9-8-20-43(45)44-32-28-36-14-4-5-17-40(36)52(44)53)39-30-26-35(27-31-39)37-29-33-51-49(34-37)54(48-24-12-13-25-50(48)55-51)46-22-10-6-18-41(46)42-19-7-11-23-47(42)54/h1-34H. The number of ether oxygens (including phenoxy) is 1. The molecular formula is C54H34O. The summed E-state index contributed by atoms with van der Waals surface area (Å²) in [6.07, 6.45) is 0. The van der Waals surface area contributed by atoms with Gasteiger partial charge >= 0.3 is 0 Å². The lowest BCUT2D eigenvalue weighted by molar-refractivity contribution is 0.436. The fraction of sp³-hybridized carbons (Fsp3) is 0.0370. The first-order valence-electron chi connectivity index (χ1n) is 19.2. The van der Waals surface area contributed by atoms with Gasteiger partial charge in [0.15, 0.2) is 0 Å². The third-order valence-electron chi connectivity index (χ3n) is 12.6. The van der Waals surface area contributed by atoms with Crippen molar-refractivity contribution < 1.29 is 4.74 Å². The van der Waals surface area contributed by atoms with Crippen LogP contribution in [0.4, 0.5) is 0 Å².